The maximum Gasteiger partial charge on any atom is 0.224 e. The zero-order chi connectivity index (χ0) is 14.5. The Kier molecular flexibility index (Phi) is 5.06. The molecule has 1 heterocycles. The largest absolute Gasteiger partial charge is 0.354 e. The highest BCUT2D eigenvalue weighted by molar-refractivity contribution is 5.78. The van der Waals surface area contributed by atoms with E-state index in [4.69, 9.17) is 0 Å². The summed E-state index contributed by atoms with van der Waals surface area (Å²) in [6, 6.07) is 3.85. The van der Waals surface area contributed by atoms with Gasteiger partial charge in [0.2, 0.25) is 5.91 Å². The normalized spacial score (nSPS) is 22.6. The van der Waals surface area contributed by atoms with Crippen molar-refractivity contribution < 1.29 is 13.6 Å². The van der Waals surface area contributed by atoms with Gasteiger partial charge in [0.15, 0.2) is 0 Å². The van der Waals surface area contributed by atoms with Gasteiger partial charge in [0.25, 0.3) is 0 Å². The molecule has 0 radical (unpaired) electrons. The number of nitrogens with one attached hydrogen (secondary N) is 2. The molecule has 1 aromatic rings. The predicted molar refractivity (Wildman–Crippen MR) is 73.3 cm³/mol. The number of hydrogen-bond acceptors (Lipinski definition) is 2. The van der Waals surface area contributed by atoms with E-state index in [1.165, 1.54) is 6.07 Å². The van der Waals surface area contributed by atoms with E-state index in [9.17, 15) is 13.6 Å². The van der Waals surface area contributed by atoms with E-state index in [2.05, 4.69) is 17.6 Å². The molecule has 0 aliphatic carbocycles. The SMILES string of the molecule is CC1CCCNC1CNC(=O)Cc1c(F)cccc1F. The quantitative estimate of drug-likeness (QED) is 0.887. The Bertz CT molecular complexity index is 459. The fourth-order valence-corrected chi connectivity index (χ4v) is 2.54. The Morgan fingerprint density at radius 2 is 2.10 bits per heavy atom. The highest BCUT2D eigenvalue weighted by atomic mass is 19.1. The third-order valence-corrected chi connectivity index (χ3v) is 3.85. The Hall–Kier alpha value is -1.49. The molecule has 0 spiro atoms. The van der Waals surface area contributed by atoms with Crippen molar-refractivity contribution in [2.24, 2.45) is 5.92 Å². The van der Waals surface area contributed by atoms with Crippen molar-refractivity contribution in [3.63, 3.8) is 0 Å². The number of carbonyl (C=O) groups excluding carboxylic acids is 1. The lowest BCUT2D eigenvalue weighted by Crippen LogP contribution is -2.48. The first-order valence-corrected chi connectivity index (χ1v) is 7.01. The number of piperidine rings is 1. The van der Waals surface area contributed by atoms with Crippen LogP contribution in [0.1, 0.15) is 25.3 Å². The summed E-state index contributed by atoms with van der Waals surface area (Å²) in [5, 5.41) is 6.10. The highest BCUT2D eigenvalue weighted by Gasteiger charge is 2.21. The first-order valence-electron chi connectivity index (χ1n) is 7.01. The summed E-state index contributed by atoms with van der Waals surface area (Å²) in [5.74, 6) is -1.21. The van der Waals surface area contributed by atoms with Crippen molar-refractivity contribution >= 4 is 5.91 Å². The molecule has 1 saturated heterocycles. The molecule has 5 heteroatoms. The van der Waals surface area contributed by atoms with E-state index >= 15 is 0 Å². The Labute approximate surface area is 117 Å². The minimum atomic E-state index is -0.677. The van der Waals surface area contributed by atoms with E-state index < -0.39 is 11.6 Å². The summed E-state index contributed by atoms with van der Waals surface area (Å²) >= 11 is 0. The molecule has 1 aromatic carbocycles. The van der Waals surface area contributed by atoms with Gasteiger partial charge in [-0.15, -0.1) is 0 Å². The van der Waals surface area contributed by atoms with Crippen LogP contribution >= 0.6 is 0 Å². The topological polar surface area (TPSA) is 41.1 Å². The lowest BCUT2D eigenvalue weighted by Gasteiger charge is -2.30. The molecule has 20 heavy (non-hydrogen) atoms. The summed E-state index contributed by atoms with van der Waals surface area (Å²) < 4.78 is 26.9. The average molecular weight is 282 g/mol. The molecule has 0 bridgehead atoms. The third kappa shape index (κ3) is 3.76. The maximum absolute atomic E-state index is 13.4. The number of hydrogen-bond donors (Lipinski definition) is 2. The lowest BCUT2D eigenvalue weighted by molar-refractivity contribution is -0.120. The number of amides is 1. The molecule has 1 aliphatic heterocycles. The molecule has 2 unspecified atom stereocenters. The van der Waals surface area contributed by atoms with Crippen LogP contribution in [-0.4, -0.2) is 25.0 Å². The highest BCUT2D eigenvalue weighted by Crippen LogP contribution is 2.15. The van der Waals surface area contributed by atoms with Crippen LogP contribution < -0.4 is 10.6 Å². The van der Waals surface area contributed by atoms with E-state index in [1.807, 2.05) is 0 Å². The van der Waals surface area contributed by atoms with Crippen LogP contribution in [0.2, 0.25) is 0 Å². The molecule has 1 aliphatic rings. The first kappa shape index (κ1) is 14.9. The van der Waals surface area contributed by atoms with E-state index in [0.717, 1.165) is 31.5 Å². The first-order chi connectivity index (χ1) is 9.58. The van der Waals surface area contributed by atoms with Gasteiger partial charge in [-0.05, 0) is 37.4 Å². The van der Waals surface area contributed by atoms with Gasteiger partial charge >= 0.3 is 0 Å². The number of carbonyl (C=O) groups is 1. The van der Waals surface area contributed by atoms with Crippen LogP contribution in [0.15, 0.2) is 18.2 Å². The zero-order valence-corrected chi connectivity index (χ0v) is 11.6. The van der Waals surface area contributed by atoms with Crippen molar-refractivity contribution in [1.29, 1.82) is 0 Å². The molecule has 2 N–H and O–H groups in total. The monoisotopic (exact) mass is 282 g/mol. The van der Waals surface area contributed by atoms with E-state index in [-0.39, 0.29) is 23.9 Å². The second-order valence-corrected chi connectivity index (χ2v) is 5.36. The number of rotatable bonds is 4. The molecule has 1 amide bonds. The molecule has 2 atom stereocenters. The van der Waals surface area contributed by atoms with Crippen LogP contribution in [-0.2, 0) is 11.2 Å². The van der Waals surface area contributed by atoms with Crippen LogP contribution in [0.25, 0.3) is 0 Å². The lowest BCUT2D eigenvalue weighted by atomic mass is 9.93. The standard InChI is InChI=1S/C15H20F2N2O/c1-10-4-3-7-18-14(10)9-19-15(20)8-11-12(16)5-2-6-13(11)17/h2,5-6,10,14,18H,3-4,7-9H2,1H3,(H,19,20). The molecule has 0 saturated carbocycles. The molecule has 3 nitrogen and oxygen atoms in total. The zero-order valence-electron chi connectivity index (χ0n) is 11.6. The van der Waals surface area contributed by atoms with Crippen LogP contribution in [0.4, 0.5) is 8.78 Å². The van der Waals surface area contributed by atoms with Crippen LogP contribution in [0, 0.1) is 17.6 Å². The molecule has 0 aromatic heterocycles. The summed E-state index contributed by atoms with van der Waals surface area (Å²) in [5.41, 5.74) is -0.172. The summed E-state index contributed by atoms with van der Waals surface area (Å²) in [4.78, 5) is 11.8. The smallest absolute Gasteiger partial charge is 0.224 e. The second kappa shape index (κ2) is 6.79. The number of benzene rings is 1. The van der Waals surface area contributed by atoms with Crippen LogP contribution in [0.5, 0.6) is 0 Å². The third-order valence-electron chi connectivity index (χ3n) is 3.85. The average Bonchev–Trinajstić information content (AvgIpc) is 2.42. The molecule has 2 rings (SSSR count). The summed E-state index contributed by atoms with van der Waals surface area (Å²) in [6.45, 7) is 3.59. The van der Waals surface area contributed by atoms with Crippen molar-refractivity contribution in [1.82, 2.24) is 10.6 Å². The van der Waals surface area contributed by atoms with Gasteiger partial charge in [-0.1, -0.05) is 13.0 Å². The molecule has 110 valence electrons. The van der Waals surface area contributed by atoms with Gasteiger partial charge in [0.1, 0.15) is 11.6 Å². The summed E-state index contributed by atoms with van der Waals surface area (Å²) in [7, 11) is 0. The van der Waals surface area contributed by atoms with Crippen LogP contribution in [0.3, 0.4) is 0 Å². The van der Waals surface area contributed by atoms with Gasteiger partial charge in [0.05, 0.1) is 6.42 Å². The fourth-order valence-electron chi connectivity index (χ4n) is 2.54. The predicted octanol–water partition coefficient (Wildman–Crippen LogP) is 2.01. The summed E-state index contributed by atoms with van der Waals surface area (Å²) in [6.07, 6.45) is 2.02. The van der Waals surface area contributed by atoms with Gasteiger partial charge in [0, 0.05) is 18.2 Å². The van der Waals surface area contributed by atoms with Gasteiger partial charge in [-0.25, -0.2) is 8.78 Å². The molecular formula is C15H20F2N2O. The molecule has 1 fully saturated rings. The minimum absolute atomic E-state index is 0.172. The Balaban J connectivity index is 1.86. The number of halogens is 2. The van der Waals surface area contributed by atoms with Crippen molar-refractivity contribution in [3.05, 3.63) is 35.4 Å². The maximum atomic E-state index is 13.4. The van der Waals surface area contributed by atoms with Crippen molar-refractivity contribution in [2.75, 3.05) is 13.1 Å². The Morgan fingerprint density at radius 1 is 1.40 bits per heavy atom. The van der Waals surface area contributed by atoms with Gasteiger partial charge in [-0.2, -0.15) is 0 Å². The fraction of sp³-hybridized carbons (Fsp3) is 0.533. The minimum Gasteiger partial charge on any atom is -0.354 e. The van der Waals surface area contributed by atoms with Crippen molar-refractivity contribution in [3.8, 4) is 0 Å². The molecular weight excluding hydrogens is 262 g/mol. The Morgan fingerprint density at radius 3 is 2.75 bits per heavy atom. The van der Waals surface area contributed by atoms with Crippen molar-refractivity contribution in [2.45, 2.75) is 32.2 Å². The van der Waals surface area contributed by atoms with Gasteiger partial charge < -0.3 is 10.6 Å². The van der Waals surface area contributed by atoms with E-state index in [0.29, 0.717) is 12.5 Å². The van der Waals surface area contributed by atoms with E-state index in [1.54, 1.807) is 0 Å². The van der Waals surface area contributed by atoms with Gasteiger partial charge in [-0.3, -0.25) is 4.79 Å². The second-order valence-electron chi connectivity index (χ2n) is 5.36.